The molecule has 1 aromatic rings. The van der Waals surface area contributed by atoms with Crippen molar-refractivity contribution in [2.75, 3.05) is 33.8 Å². The summed E-state index contributed by atoms with van der Waals surface area (Å²) in [5.41, 5.74) is 1.09. The molecule has 2 atom stereocenters. The van der Waals surface area contributed by atoms with Gasteiger partial charge in [0.2, 0.25) is 0 Å². The smallest absolute Gasteiger partial charge is 0.169 e. The van der Waals surface area contributed by atoms with Gasteiger partial charge in [-0.15, -0.1) is 0 Å². The molecule has 2 rings (SSSR count). The van der Waals surface area contributed by atoms with Crippen molar-refractivity contribution in [2.24, 2.45) is 5.92 Å². The van der Waals surface area contributed by atoms with Gasteiger partial charge < -0.3 is 20.3 Å². The summed E-state index contributed by atoms with van der Waals surface area (Å²) in [6.07, 6.45) is 2.07. The third-order valence-electron chi connectivity index (χ3n) is 4.69. The van der Waals surface area contributed by atoms with E-state index in [-0.39, 0.29) is 17.5 Å². The Balaban J connectivity index is 1.94. The molecule has 7 heteroatoms. The molecule has 1 heterocycles. The molecule has 1 aliphatic rings. The number of benzene rings is 1. The van der Waals surface area contributed by atoms with Crippen molar-refractivity contribution in [2.45, 2.75) is 25.5 Å². The first-order valence-electron chi connectivity index (χ1n) is 9.08. The Morgan fingerprint density at radius 1 is 1.30 bits per heavy atom. The van der Waals surface area contributed by atoms with Crippen molar-refractivity contribution in [1.29, 1.82) is 10.5 Å². The minimum Gasteiger partial charge on any atom is -0.376 e. The van der Waals surface area contributed by atoms with Crippen molar-refractivity contribution in [1.82, 2.24) is 15.5 Å². The van der Waals surface area contributed by atoms with E-state index in [1.54, 1.807) is 19.2 Å². The molecule has 0 saturated carbocycles. The van der Waals surface area contributed by atoms with Gasteiger partial charge >= 0.3 is 0 Å². The van der Waals surface area contributed by atoms with Gasteiger partial charge in [0.1, 0.15) is 23.8 Å². The average molecular weight is 371 g/mol. The van der Waals surface area contributed by atoms with Gasteiger partial charge in [-0.05, 0) is 43.5 Å². The van der Waals surface area contributed by atoms with Crippen LogP contribution in [0.25, 0.3) is 0 Å². The van der Waals surface area contributed by atoms with Crippen LogP contribution in [-0.4, -0.2) is 44.8 Å². The van der Waals surface area contributed by atoms with E-state index in [1.807, 2.05) is 19.2 Å². The zero-order valence-corrected chi connectivity index (χ0v) is 15.8. The molecule has 0 spiro atoms. The van der Waals surface area contributed by atoms with Crippen LogP contribution >= 0.6 is 0 Å². The standard InChI is InChI=1S/C20H26FN5O/c1-24-20(17(10-22)11-23)25-12-19-16(4-3-9-27-19)14-26(2)13-15-5-7-18(21)8-6-15/h5-8,16,19,24-25H,3-4,9,12-14H2,1-2H3. The Kier molecular flexibility index (Phi) is 8.06. The fourth-order valence-electron chi connectivity index (χ4n) is 3.34. The first kappa shape index (κ1) is 20.7. The highest BCUT2D eigenvalue weighted by molar-refractivity contribution is 5.38. The lowest BCUT2D eigenvalue weighted by Gasteiger charge is -2.35. The molecule has 27 heavy (non-hydrogen) atoms. The Labute approximate surface area is 160 Å². The number of nitrogens with one attached hydrogen (secondary N) is 2. The lowest BCUT2D eigenvalue weighted by Crippen LogP contribution is -2.44. The molecule has 0 radical (unpaired) electrons. The highest BCUT2D eigenvalue weighted by Crippen LogP contribution is 2.22. The largest absolute Gasteiger partial charge is 0.376 e. The molecule has 0 amide bonds. The fraction of sp³-hybridized carbons (Fsp3) is 0.500. The van der Waals surface area contributed by atoms with Crippen LogP contribution in [-0.2, 0) is 11.3 Å². The van der Waals surface area contributed by atoms with Gasteiger partial charge in [0.05, 0.1) is 6.10 Å². The van der Waals surface area contributed by atoms with Crippen molar-refractivity contribution in [3.8, 4) is 12.1 Å². The Hall–Kier alpha value is -2.61. The maximum atomic E-state index is 13.0. The highest BCUT2D eigenvalue weighted by atomic mass is 19.1. The van der Waals surface area contributed by atoms with Crippen LogP contribution < -0.4 is 10.6 Å². The quantitative estimate of drug-likeness (QED) is 0.681. The molecule has 6 nitrogen and oxygen atoms in total. The lowest BCUT2D eigenvalue weighted by atomic mass is 9.93. The second kappa shape index (κ2) is 10.5. The van der Waals surface area contributed by atoms with Gasteiger partial charge in [-0.2, -0.15) is 10.5 Å². The van der Waals surface area contributed by atoms with E-state index < -0.39 is 0 Å². The first-order chi connectivity index (χ1) is 13.1. The number of hydrogen-bond donors (Lipinski definition) is 2. The van der Waals surface area contributed by atoms with Gasteiger partial charge in [0.15, 0.2) is 5.57 Å². The average Bonchev–Trinajstić information content (AvgIpc) is 2.68. The van der Waals surface area contributed by atoms with Gasteiger partial charge in [-0.1, -0.05) is 12.1 Å². The van der Waals surface area contributed by atoms with Crippen LogP contribution in [0.3, 0.4) is 0 Å². The Morgan fingerprint density at radius 2 is 2.00 bits per heavy atom. The predicted octanol–water partition coefficient (Wildman–Crippen LogP) is 2.12. The van der Waals surface area contributed by atoms with Crippen molar-refractivity contribution < 1.29 is 9.13 Å². The molecule has 2 unspecified atom stereocenters. The van der Waals surface area contributed by atoms with Gasteiger partial charge in [0, 0.05) is 33.3 Å². The predicted molar refractivity (Wildman–Crippen MR) is 101 cm³/mol. The molecule has 0 aromatic heterocycles. The van der Waals surface area contributed by atoms with Gasteiger partial charge in [-0.3, -0.25) is 0 Å². The van der Waals surface area contributed by atoms with E-state index in [9.17, 15) is 4.39 Å². The second-order valence-corrected chi connectivity index (χ2v) is 6.74. The van der Waals surface area contributed by atoms with Crippen LogP contribution in [0.4, 0.5) is 4.39 Å². The van der Waals surface area contributed by atoms with Crippen molar-refractivity contribution >= 4 is 0 Å². The zero-order valence-electron chi connectivity index (χ0n) is 15.8. The van der Waals surface area contributed by atoms with Crippen LogP contribution in [0.1, 0.15) is 18.4 Å². The normalized spacial score (nSPS) is 19.0. The van der Waals surface area contributed by atoms with Crippen LogP contribution in [0.15, 0.2) is 35.7 Å². The van der Waals surface area contributed by atoms with Crippen molar-refractivity contribution in [3.63, 3.8) is 0 Å². The van der Waals surface area contributed by atoms with Gasteiger partial charge in [-0.25, -0.2) is 4.39 Å². The molecular weight excluding hydrogens is 345 g/mol. The maximum absolute atomic E-state index is 13.0. The fourth-order valence-corrected chi connectivity index (χ4v) is 3.34. The number of nitrogens with zero attached hydrogens (tertiary/aromatic N) is 3. The van der Waals surface area contributed by atoms with E-state index >= 15 is 0 Å². The summed E-state index contributed by atoms with van der Waals surface area (Å²) in [6, 6.07) is 10.3. The van der Waals surface area contributed by atoms with Crippen molar-refractivity contribution in [3.05, 3.63) is 47.0 Å². The van der Waals surface area contributed by atoms with E-state index in [0.29, 0.717) is 24.9 Å². The van der Waals surface area contributed by atoms with E-state index in [0.717, 1.165) is 31.5 Å². The Morgan fingerprint density at radius 3 is 2.63 bits per heavy atom. The topological polar surface area (TPSA) is 84.1 Å². The SMILES string of the molecule is CNC(NCC1OCCCC1CN(C)Cc1ccc(F)cc1)=C(C#N)C#N. The summed E-state index contributed by atoms with van der Waals surface area (Å²) in [7, 11) is 3.72. The van der Waals surface area contributed by atoms with E-state index in [4.69, 9.17) is 15.3 Å². The number of nitriles is 2. The summed E-state index contributed by atoms with van der Waals surface area (Å²) < 4.78 is 19.0. The molecule has 2 N–H and O–H groups in total. The van der Waals surface area contributed by atoms with Gasteiger partial charge in [0.25, 0.3) is 0 Å². The monoisotopic (exact) mass is 371 g/mol. The Bertz CT molecular complexity index is 703. The summed E-state index contributed by atoms with van der Waals surface area (Å²) in [6.45, 7) is 2.84. The minimum absolute atomic E-state index is 0.00333. The second-order valence-electron chi connectivity index (χ2n) is 6.74. The third-order valence-corrected chi connectivity index (χ3v) is 4.69. The molecule has 0 bridgehead atoms. The molecule has 1 aromatic carbocycles. The highest BCUT2D eigenvalue weighted by Gasteiger charge is 2.27. The molecule has 1 aliphatic heterocycles. The summed E-state index contributed by atoms with van der Waals surface area (Å²) in [5, 5.41) is 24.0. The molecule has 0 aliphatic carbocycles. The van der Waals surface area contributed by atoms with Crippen LogP contribution in [0, 0.1) is 34.4 Å². The third kappa shape index (κ3) is 6.25. The number of allylic oxidation sites excluding steroid dienone is 1. The molecular formula is C20H26FN5O. The molecule has 1 fully saturated rings. The number of ether oxygens (including phenoxy) is 1. The lowest BCUT2D eigenvalue weighted by molar-refractivity contribution is -0.0330. The first-order valence-corrected chi connectivity index (χ1v) is 9.08. The van der Waals surface area contributed by atoms with E-state index in [1.165, 1.54) is 12.1 Å². The molecule has 1 saturated heterocycles. The zero-order chi connectivity index (χ0) is 19.6. The summed E-state index contributed by atoms with van der Waals surface area (Å²) in [4.78, 5) is 2.21. The number of hydrogen-bond acceptors (Lipinski definition) is 6. The number of rotatable bonds is 8. The van der Waals surface area contributed by atoms with Crippen LogP contribution in [0.2, 0.25) is 0 Å². The maximum Gasteiger partial charge on any atom is 0.169 e. The molecule has 144 valence electrons. The summed E-state index contributed by atoms with van der Waals surface area (Å²) >= 11 is 0. The summed E-state index contributed by atoms with van der Waals surface area (Å²) in [5.74, 6) is 0.533. The minimum atomic E-state index is -0.226. The van der Waals surface area contributed by atoms with Crippen LogP contribution in [0.5, 0.6) is 0 Å². The number of halogens is 1. The van der Waals surface area contributed by atoms with E-state index in [2.05, 4.69) is 15.5 Å².